The molecule has 3 rings (SSSR count). The van der Waals surface area contributed by atoms with Crippen molar-refractivity contribution in [2.75, 3.05) is 0 Å². The van der Waals surface area contributed by atoms with Crippen molar-refractivity contribution in [1.82, 2.24) is 9.55 Å². The van der Waals surface area contributed by atoms with Crippen LogP contribution < -0.4 is 0 Å². The van der Waals surface area contributed by atoms with Crippen molar-refractivity contribution >= 4 is 28.9 Å². The van der Waals surface area contributed by atoms with Crippen LogP contribution in [-0.4, -0.2) is 20.6 Å². The van der Waals surface area contributed by atoms with E-state index in [0.717, 1.165) is 23.7 Å². The van der Waals surface area contributed by atoms with Gasteiger partial charge in [0.2, 0.25) is 0 Å². The van der Waals surface area contributed by atoms with E-state index in [2.05, 4.69) is 4.98 Å². The Bertz CT molecular complexity index is 591. The third kappa shape index (κ3) is 1.74. The SMILES string of the molecule is O=C(O)C1CCCn2c(-c3cccs3)nc(Cl)c21. The van der Waals surface area contributed by atoms with E-state index >= 15 is 0 Å². The first-order chi connectivity index (χ1) is 8.68. The largest absolute Gasteiger partial charge is 0.481 e. The summed E-state index contributed by atoms with van der Waals surface area (Å²) in [5.41, 5.74) is 0.652. The monoisotopic (exact) mass is 282 g/mol. The number of carbonyl (C=O) groups is 1. The number of nitrogens with zero attached hydrogens (tertiary/aromatic N) is 2. The number of imidazole rings is 1. The zero-order valence-corrected chi connectivity index (χ0v) is 11.0. The molecule has 1 atom stereocenters. The van der Waals surface area contributed by atoms with Crippen LogP contribution >= 0.6 is 22.9 Å². The molecule has 18 heavy (non-hydrogen) atoms. The molecule has 0 saturated heterocycles. The molecule has 1 unspecified atom stereocenters. The maximum Gasteiger partial charge on any atom is 0.312 e. The first-order valence-electron chi connectivity index (χ1n) is 5.71. The fraction of sp³-hybridized carbons (Fsp3) is 0.333. The van der Waals surface area contributed by atoms with Crippen LogP contribution in [0.25, 0.3) is 10.7 Å². The van der Waals surface area contributed by atoms with E-state index in [0.29, 0.717) is 17.3 Å². The summed E-state index contributed by atoms with van der Waals surface area (Å²) in [5.74, 6) is -0.570. The van der Waals surface area contributed by atoms with Crippen LogP contribution in [0.1, 0.15) is 24.5 Å². The Morgan fingerprint density at radius 1 is 1.61 bits per heavy atom. The zero-order chi connectivity index (χ0) is 12.7. The van der Waals surface area contributed by atoms with E-state index in [9.17, 15) is 9.90 Å². The van der Waals surface area contributed by atoms with Crippen molar-refractivity contribution in [2.45, 2.75) is 25.3 Å². The van der Waals surface area contributed by atoms with Gasteiger partial charge in [0, 0.05) is 6.54 Å². The highest BCUT2D eigenvalue weighted by Gasteiger charge is 2.32. The first-order valence-corrected chi connectivity index (χ1v) is 6.97. The Labute approximate surface area is 113 Å². The fourth-order valence-electron chi connectivity index (χ4n) is 2.42. The molecule has 2 aromatic rings. The Morgan fingerprint density at radius 3 is 3.11 bits per heavy atom. The molecule has 0 aliphatic carbocycles. The van der Waals surface area contributed by atoms with Gasteiger partial charge in [0.05, 0.1) is 10.6 Å². The lowest BCUT2D eigenvalue weighted by atomic mass is 9.96. The van der Waals surface area contributed by atoms with Crippen molar-refractivity contribution in [2.24, 2.45) is 0 Å². The lowest BCUT2D eigenvalue weighted by Gasteiger charge is -2.22. The van der Waals surface area contributed by atoms with Gasteiger partial charge in [-0.2, -0.15) is 0 Å². The van der Waals surface area contributed by atoms with Crippen LogP contribution in [0.3, 0.4) is 0 Å². The van der Waals surface area contributed by atoms with E-state index in [4.69, 9.17) is 11.6 Å². The Morgan fingerprint density at radius 2 is 2.44 bits per heavy atom. The number of aromatic nitrogens is 2. The van der Waals surface area contributed by atoms with E-state index in [-0.39, 0.29) is 0 Å². The summed E-state index contributed by atoms with van der Waals surface area (Å²) in [4.78, 5) is 16.6. The molecule has 94 valence electrons. The molecular weight excluding hydrogens is 272 g/mol. The lowest BCUT2D eigenvalue weighted by molar-refractivity contribution is -0.139. The first kappa shape index (κ1) is 11.7. The molecule has 0 fully saturated rings. The third-order valence-corrected chi connectivity index (χ3v) is 4.35. The summed E-state index contributed by atoms with van der Waals surface area (Å²) in [7, 11) is 0. The van der Waals surface area contributed by atoms with E-state index in [1.54, 1.807) is 11.3 Å². The zero-order valence-electron chi connectivity index (χ0n) is 9.47. The highest BCUT2D eigenvalue weighted by Crippen LogP contribution is 2.37. The van der Waals surface area contributed by atoms with Crippen molar-refractivity contribution in [3.05, 3.63) is 28.4 Å². The van der Waals surface area contributed by atoms with Crippen LogP contribution in [0.15, 0.2) is 17.5 Å². The number of thiophene rings is 1. The average Bonchev–Trinajstić information content (AvgIpc) is 2.97. The minimum Gasteiger partial charge on any atom is -0.481 e. The molecule has 0 aromatic carbocycles. The molecular formula is C12H11ClN2O2S. The van der Waals surface area contributed by atoms with Crippen LogP contribution in [0.5, 0.6) is 0 Å². The van der Waals surface area contributed by atoms with Gasteiger partial charge in [-0.25, -0.2) is 4.98 Å². The molecule has 3 heterocycles. The molecule has 1 aliphatic heterocycles. The molecule has 0 bridgehead atoms. The average molecular weight is 283 g/mol. The predicted molar refractivity (Wildman–Crippen MR) is 70.2 cm³/mol. The van der Waals surface area contributed by atoms with Crippen LogP contribution in [0.2, 0.25) is 5.15 Å². The van der Waals surface area contributed by atoms with Gasteiger partial charge >= 0.3 is 5.97 Å². The minimum atomic E-state index is -0.824. The fourth-order valence-corrected chi connectivity index (χ4v) is 3.45. The summed E-state index contributed by atoms with van der Waals surface area (Å²) < 4.78 is 1.95. The van der Waals surface area contributed by atoms with Gasteiger partial charge in [-0.1, -0.05) is 17.7 Å². The second-order valence-electron chi connectivity index (χ2n) is 4.27. The summed E-state index contributed by atoms with van der Waals surface area (Å²) in [6, 6.07) is 3.92. The Kier molecular flexibility index (Phi) is 2.87. The van der Waals surface area contributed by atoms with Crippen LogP contribution in [0.4, 0.5) is 0 Å². The molecule has 0 amide bonds. The van der Waals surface area contributed by atoms with E-state index < -0.39 is 11.9 Å². The predicted octanol–water partition coefficient (Wildman–Crippen LogP) is 3.23. The summed E-state index contributed by atoms with van der Waals surface area (Å²) >= 11 is 7.71. The second kappa shape index (κ2) is 4.40. The number of rotatable bonds is 2. The van der Waals surface area contributed by atoms with Gasteiger partial charge in [-0.15, -0.1) is 11.3 Å². The summed E-state index contributed by atoms with van der Waals surface area (Å²) in [5, 5.41) is 11.6. The van der Waals surface area contributed by atoms with Gasteiger partial charge in [0.1, 0.15) is 5.92 Å². The smallest absolute Gasteiger partial charge is 0.312 e. The third-order valence-electron chi connectivity index (χ3n) is 3.21. The molecule has 1 aliphatic rings. The molecule has 0 radical (unpaired) electrons. The number of fused-ring (bicyclic) bond motifs is 1. The standard InChI is InChI=1S/C12H11ClN2O2S/c13-10-9-7(12(16)17)3-1-5-15(9)11(14-10)8-4-2-6-18-8/h2,4,6-7H,1,3,5H2,(H,16,17). The number of hydrogen-bond donors (Lipinski definition) is 1. The van der Waals surface area contributed by atoms with E-state index in [1.807, 2.05) is 22.1 Å². The van der Waals surface area contributed by atoms with Crippen molar-refractivity contribution < 1.29 is 9.90 Å². The Balaban J connectivity index is 2.16. The minimum absolute atomic E-state index is 0.325. The number of hydrogen-bond acceptors (Lipinski definition) is 3. The number of aliphatic carboxylic acids is 1. The number of halogens is 1. The quantitative estimate of drug-likeness (QED) is 0.920. The summed E-state index contributed by atoms with van der Waals surface area (Å²) in [6.45, 7) is 0.784. The maximum atomic E-state index is 11.3. The van der Waals surface area contributed by atoms with Gasteiger partial charge in [0.15, 0.2) is 11.0 Å². The second-order valence-corrected chi connectivity index (χ2v) is 5.58. The highest BCUT2D eigenvalue weighted by atomic mass is 35.5. The maximum absolute atomic E-state index is 11.3. The molecule has 6 heteroatoms. The number of carboxylic acid groups (broad SMARTS) is 1. The van der Waals surface area contributed by atoms with Crippen LogP contribution in [0, 0.1) is 0 Å². The number of carboxylic acids is 1. The molecule has 0 saturated carbocycles. The molecule has 1 N–H and O–H groups in total. The normalized spacial score (nSPS) is 18.6. The summed E-state index contributed by atoms with van der Waals surface area (Å²) in [6.07, 6.45) is 1.47. The van der Waals surface area contributed by atoms with Gasteiger partial charge in [-0.05, 0) is 24.3 Å². The molecule has 0 spiro atoms. The van der Waals surface area contributed by atoms with Gasteiger partial charge in [0.25, 0.3) is 0 Å². The molecule has 4 nitrogen and oxygen atoms in total. The van der Waals surface area contributed by atoms with Gasteiger partial charge < -0.3 is 9.67 Å². The van der Waals surface area contributed by atoms with Gasteiger partial charge in [-0.3, -0.25) is 4.79 Å². The van der Waals surface area contributed by atoms with Crippen molar-refractivity contribution in [3.8, 4) is 10.7 Å². The highest BCUT2D eigenvalue weighted by molar-refractivity contribution is 7.13. The Hall–Kier alpha value is -1.33. The van der Waals surface area contributed by atoms with Crippen LogP contribution in [-0.2, 0) is 11.3 Å². The van der Waals surface area contributed by atoms with Crippen molar-refractivity contribution in [1.29, 1.82) is 0 Å². The van der Waals surface area contributed by atoms with Crippen molar-refractivity contribution in [3.63, 3.8) is 0 Å². The lowest BCUT2D eigenvalue weighted by Crippen LogP contribution is -2.22. The molecule has 2 aromatic heterocycles. The van der Waals surface area contributed by atoms with E-state index in [1.165, 1.54) is 0 Å². The topological polar surface area (TPSA) is 55.1 Å².